The van der Waals surface area contributed by atoms with Gasteiger partial charge in [0.15, 0.2) is 9.84 Å². The number of nitrogen functional groups attached to an aromatic ring is 1. The van der Waals surface area contributed by atoms with Gasteiger partial charge in [-0.15, -0.1) is 0 Å². The molecule has 0 fully saturated rings. The molecule has 0 saturated heterocycles. The molecule has 0 aliphatic rings. The van der Waals surface area contributed by atoms with Gasteiger partial charge in [0.25, 0.3) is 0 Å². The van der Waals surface area contributed by atoms with Crippen LogP contribution in [-0.4, -0.2) is 24.9 Å². The van der Waals surface area contributed by atoms with Gasteiger partial charge in [-0.25, -0.2) is 8.42 Å². The van der Waals surface area contributed by atoms with Crippen LogP contribution >= 0.6 is 0 Å². The molecule has 0 aromatic carbocycles. The highest BCUT2D eigenvalue weighted by molar-refractivity contribution is 7.89. The predicted octanol–water partition coefficient (Wildman–Crippen LogP) is -0.464. The molecule has 6 heteroatoms. The molecule has 0 aliphatic carbocycles. The van der Waals surface area contributed by atoms with Crippen LogP contribution in [0.4, 0.5) is 5.69 Å². The van der Waals surface area contributed by atoms with Crippen molar-refractivity contribution in [1.82, 2.24) is 10.2 Å². The summed E-state index contributed by atoms with van der Waals surface area (Å²) in [7, 11) is -3.02. The van der Waals surface area contributed by atoms with Gasteiger partial charge in [0.05, 0.1) is 23.3 Å². The van der Waals surface area contributed by atoms with Crippen LogP contribution in [0.2, 0.25) is 0 Å². The summed E-state index contributed by atoms with van der Waals surface area (Å²) in [6.07, 6.45) is 2.54. The first kappa shape index (κ1) is 8.06. The van der Waals surface area contributed by atoms with Gasteiger partial charge in [-0.05, 0) is 0 Å². The lowest BCUT2D eigenvalue weighted by Crippen LogP contribution is -2.03. The van der Waals surface area contributed by atoms with Gasteiger partial charge in [-0.2, -0.15) is 5.10 Å². The van der Waals surface area contributed by atoms with Crippen LogP contribution in [0.15, 0.2) is 6.20 Å². The third kappa shape index (κ3) is 2.23. The summed E-state index contributed by atoms with van der Waals surface area (Å²) in [4.78, 5) is 0. The monoisotopic (exact) mass is 175 g/mol. The highest BCUT2D eigenvalue weighted by atomic mass is 32.2. The van der Waals surface area contributed by atoms with E-state index in [1.165, 1.54) is 6.20 Å². The Kier molecular flexibility index (Phi) is 1.86. The number of rotatable bonds is 2. The SMILES string of the molecule is CS(=O)(=O)Cc1[nH]ncc1N. The summed E-state index contributed by atoms with van der Waals surface area (Å²) in [6, 6.07) is 0. The molecule has 1 aromatic rings. The number of hydrogen-bond acceptors (Lipinski definition) is 4. The molecule has 11 heavy (non-hydrogen) atoms. The minimum Gasteiger partial charge on any atom is -0.396 e. The largest absolute Gasteiger partial charge is 0.396 e. The number of aromatic amines is 1. The van der Waals surface area contributed by atoms with E-state index in [2.05, 4.69) is 10.2 Å². The number of nitrogens with zero attached hydrogens (tertiary/aromatic N) is 1. The van der Waals surface area contributed by atoms with Gasteiger partial charge in [-0.3, -0.25) is 5.10 Å². The van der Waals surface area contributed by atoms with Crippen molar-refractivity contribution >= 4 is 15.5 Å². The molecule has 62 valence electrons. The lowest BCUT2D eigenvalue weighted by Gasteiger charge is -1.94. The van der Waals surface area contributed by atoms with Crippen molar-refractivity contribution in [3.63, 3.8) is 0 Å². The van der Waals surface area contributed by atoms with E-state index in [0.717, 1.165) is 6.26 Å². The van der Waals surface area contributed by atoms with E-state index in [9.17, 15) is 8.42 Å². The fraction of sp³-hybridized carbons (Fsp3) is 0.400. The second-order valence-corrected chi connectivity index (χ2v) is 4.51. The minimum atomic E-state index is -3.02. The average molecular weight is 175 g/mol. The molecule has 0 bridgehead atoms. The van der Waals surface area contributed by atoms with Crippen LogP contribution in [0.25, 0.3) is 0 Å². The van der Waals surface area contributed by atoms with Crippen molar-refractivity contribution in [3.8, 4) is 0 Å². The van der Waals surface area contributed by atoms with Crippen molar-refractivity contribution in [2.24, 2.45) is 0 Å². The summed E-state index contributed by atoms with van der Waals surface area (Å²) in [5, 5.41) is 6.10. The molecular formula is C5H9N3O2S. The quantitative estimate of drug-likeness (QED) is 0.636. The molecule has 0 amide bonds. The number of aromatic nitrogens is 2. The molecule has 0 atom stereocenters. The van der Waals surface area contributed by atoms with Crippen molar-refractivity contribution in [1.29, 1.82) is 0 Å². The van der Waals surface area contributed by atoms with Crippen molar-refractivity contribution in [2.75, 3.05) is 12.0 Å². The Balaban J connectivity index is 2.89. The molecular weight excluding hydrogens is 166 g/mol. The maximum atomic E-state index is 10.7. The third-order valence-corrected chi connectivity index (χ3v) is 1.97. The predicted molar refractivity (Wildman–Crippen MR) is 41.5 cm³/mol. The Morgan fingerprint density at radius 3 is 2.73 bits per heavy atom. The van der Waals surface area contributed by atoms with Crippen LogP contribution in [0.5, 0.6) is 0 Å². The van der Waals surface area contributed by atoms with E-state index in [1.807, 2.05) is 0 Å². The van der Waals surface area contributed by atoms with Gasteiger partial charge >= 0.3 is 0 Å². The summed E-state index contributed by atoms with van der Waals surface area (Å²) in [6.45, 7) is 0. The Morgan fingerprint density at radius 1 is 1.73 bits per heavy atom. The van der Waals surface area contributed by atoms with Crippen LogP contribution in [-0.2, 0) is 15.6 Å². The molecule has 0 radical (unpaired) electrons. The second-order valence-electron chi connectivity index (χ2n) is 2.37. The number of anilines is 1. The first-order valence-electron chi connectivity index (χ1n) is 2.94. The molecule has 0 spiro atoms. The van der Waals surface area contributed by atoms with Crippen molar-refractivity contribution in [2.45, 2.75) is 5.75 Å². The molecule has 1 heterocycles. The van der Waals surface area contributed by atoms with Gasteiger partial charge in [0, 0.05) is 6.26 Å². The Morgan fingerprint density at radius 2 is 2.36 bits per heavy atom. The minimum absolute atomic E-state index is 0.0845. The Bertz CT molecular complexity index is 340. The number of sulfone groups is 1. The molecule has 5 nitrogen and oxygen atoms in total. The first-order valence-corrected chi connectivity index (χ1v) is 5.00. The second kappa shape index (κ2) is 2.54. The summed E-state index contributed by atoms with van der Waals surface area (Å²) in [5.74, 6) is -0.0845. The van der Waals surface area contributed by atoms with Crippen LogP contribution in [0, 0.1) is 0 Å². The molecule has 0 unspecified atom stereocenters. The maximum Gasteiger partial charge on any atom is 0.153 e. The Hall–Kier alpha value is -1.04. The van der Waals surface area contributed by atoms with Gasteiger partial charge in [-0.1, -0.05) is 0 Å². The van der Waals surface area contributed by atoms with Crippen molar-refractivity contribution in [3.05, 3.63) is 11.9 Å². The van der Waals surface area contributed by atoms with Crippen LogP contribution < -0.4 is 5.73 Å². The summed E-state index contributed by atoms with van der Waals surface area (Å²) in [5.41, 5.74) is 6.23. The molecule has 0 saturated carbocycles. The van der Waals surface area contributed by atoms with E-state index < -0.39 is 9.84 Å². The van der Waals surface area contributed by atoms with E-state index in [0.29, 0.717) is 11.4 Å². The number of nitrogens with two attached hydrogens (primary N) is 1. The fourth-order valence-electron chi connectivity index (χ4n) is 0.700. The molecule has 1 rings (SSSR count). The maximum absolute atomic E-state index is 10.7. The standard InChI is InChI=1S/C5H9N3O2S/c1-11(9,10)3-5-4(6)2-7-8-5/h2H,3,6H2,1H3,(H,7,8). The van der Waals surface area contributed by atoms with Gasteiger partial charge < -0.3 is 5.73 Å². The smallest absolute Gasteiger partial charge is 0.153 e. The normalized spacial score (nSPS) is 11.7. The average Bonchev–Trinajstić information content (AvgIpc) is 2.12. The van der Waals surface area contributed by atoms with E-state index >= 15 is 0 Å². The molecule has 3 N–H and O–H groups in total. The number of H-pyrrole nitrogens is 1. The highest BCUT2D eigenvalue weighted by Gasteiger charge is 2.08. The van der Waals surface area contributed by atoms with Crippen LogP contribution in [0.3, 0.4) is 0 Å². The first-order chi connectivity index (χ1) is 4.99. The summed E-state index contributed by atoms with van der Waals surface area (Å²) < 4.78 is 21.5. The zero-order valence-corrected chi connectivity index (χ0v) is 6.85. The number of nitrogens with one attached hydrogen (secondary N) is 1. The van der Waals surface area contributed by atoms with E-state index in [4.69, 9.17) is 5.73 Å². The van der Waals surface area contributed by atoms with Gasteiger partial charge in [0.1, 0.15) is 0 Å². The zero-order chi connectivity index (χ0) is 8.48. The molecule has 0 aliphatic heterocycles. The summed E-state index contributed by atoms with van der Waals surface area (Å²) >= 11 is 0. The number of hydrogen-bond donors (Lipinski definition) is 2. The zero-order valence-electron chi connectivity index (χ0n) is 6.03. The van der Waals surface area contributed by atoms with E-state index in [1.54, 1.807) is 0 Å². The molecule has 1 aromatic heterocycles. The van der Waals surface area contributed by atoms with Crippen LogP contribution in [0.1, 0.15) is 5.69 Å². The van der Waals surface area contributed by atoms with Crippen molar-refractivity contribution < 1.29 is 8.42 Å². The van der Waals surface area contributed by atoms with E-state index in [-0.39, 0.29) is 5.75 Å². The fourth-order valence-corrected chi connectivity index (χ4v) is 1.46. The lowest BCUT2D eigenvalue weighted by atomic mass is 10.4. The highest BCUT2D eigenvalue weighted by Crippen LogP contribution is 2.08. The topological polar surface area (TPSA) is 88.8 Å². The van der Waals surface area contributed by atoms with Gasteiger partial charge in [0.2, 0.25) is 0 Å². The third-order valence-electron chi connectivity index (χ3n) is 1.16. The lowest BCUT2D eigenvalue weighted by molar-refractivity contribution is 0.600. The Labute approximate surface area is 64.5 Å².